The molecular weight excluding hydrogens is 406 g/mol. The zero-order valence-corrected chi connectivity index (χ0v) is 22.1. The van der Waals surface area contributed by atoms with Gasteiger partial charge in [-0.15, -0.1) is 0 Å². The molecule has 2 saturated carbocycles. The van der Waals surface area contributed by atoms with Gasteiger partial charge in [-0.1, -0.05) is 109 Å². The summed E-state index contributed by atoms with van der Waals surface area (Å²) in [5.74, 6) is -0.664. The molecule has 2 rings (SSSR count). The second-order valence-electron chi connectivity index (χ2n) is 10.6. The van der Waals surface area contributed by atoms with Gasteiger partial charge in [-0.25, -0.2) is 0 Å². The van der Waals surface area contributed by atoms with E-state index in [0.717, 1.165) is 24.9 Å². The molecule has 0 aliphatic heterocycles. The van der Waals surface area contributed by atoms with E-state index in [1.807, 2.05) is 0 Å². The van der Waals surface area contributed by atoms with E-state index in [2.05, 4.69) is 24.4 Å². The van der Waals surface area contributed by atoms with E-state index < -0.39 is 5.97 Å². The lowest BCUT2D eigenvalue weighted by molar-refractivity contribution is -0.137. The van der Waals surface area contributed by atoms with Gasteiger partial charge in [-0.3, -0.25) is 4.79 Å². The fourth-order valence-corrected chi connectivity index (χ4v) is 5.22. The number of carbonyl (C=O) groups is 1. The molecule has 33 heavy (non-hydrogen) atoms. The maximum Gasteiger partial charge on any atom is 0.303 e. The number of unbranched alkanes of at least 4 members (excludes halogenated alkanes) is 11. The van der Waals surface area contributed by atoms with Crippen molar-refractivity contribution in [2.75, 3.05) is 0 Å². The number of nitrogens with one attached hydrogen (secondary N) is 1. The smallest absolute Gasteiger partial charge is 0.303 e. The van der Waals surface area contributed by atoms with Crippen molar-refractivity contribution in [2.45, 2.75) is 173 Å². The molecular formula is C30H57NO2. The Morgan fingerprint density at radius 3 is 1.55 bits per heavy atom. The van der Waals surface area contributed by atoms with E-state index in [1.165, 1.54) is 135 Å². The first-order chi connectivity index (χ1) is 16.2. The van der Waals surface area contributed by atoms with Crippen molar-refractivity contribution in [2.24, 2.45) is 0 Å². The van der Waals surface area contributed by atoms with Crippen LogP contribution in [0.15, 0.2) is 12.2 Å². The lowest BCUT2D eigenvalue weighted by Gasteiger charge is -2.30. The summed E-state index contributed by atoms with van der Waals surface area (Å²) in [4.78, 5) is 10.3. The van der Waals surface area contributed by atoms with Crippen molar-refractivity contribution in [1.82, 2.24) is 5.32 Å². The van der Waals surface area contributed by atoms with Gasteiger partial charge in [-0.05, 0) is 57.8 Å². The highest BCUT2D eigenvalue weighted by Gasteiger charge is 2.19. The molecule has 0 aromatic rings. The van der Waals surface area contributed by atoms with E-state index >= 15 is 0 Å². The van der Waals surface area contributed by atoms with Crippen LogP contribution < -0.4 is 5.32 Å². The van der Waals surface area contributed by atoms with Crippen molar-refractivity contribution in [3.8, 4) is 0 Å². The third-order valence-corrected chi connectivity index (χ3v) is 7.33. The van der Waals surface area contributed by atoms with Crippen LogP contribution in [0.5, 0.6) is 0 Å². The van der Waals surface area contributed by atoms with Crippen LogP contribution in [0, 0.1) is 0 Å². The SMILES string of the molecule is C1CCC(NC2CCCCC2)CC1.CCCCCCCCC=CCCCCCCCC(=O)O. The highest BCUT2D eigenvalue weighted by molar-refractivity contribution is 5.66. The van der Waals surface area contributed by atoms with Crippen LogP contribution in [-0.2, 0) is 4.79 Å². The number of hydrogen-bond acceptors (Lipinski definition) is 2. The van der Waals surface area contributed by atoms with Gasteiger partial charge < -0.3 is 10.4 Å². The second-order valence-corrected chi connectivity index (χ2v) is 10.6. The second kappa shape index (κ2) is 22.9. The lowest BCUT2D eigenvalue weighted by Crippen LogP contribution is -2.40. The zero-order valence-electron chi connectivity index (χ0n) is 22.1. The molecule has 3 nitrogen and oxygen atoms in total. The van der Waals surface area contributed by atoms with Gasteiger partial charge >= 0.3 is 5.97 Å². The summed E-state index contributed by atoms with van der Waals surface area (Å²) in [6.45, 7) is 2.26. The molecule has 0 bridgehead atoms. The molecule has 0 atom stereocenters. The zero-order chi connectivity index (χ0) is 23.8. The minimum Gasteiger partial charge on any atom is -0.481 e. The Morgan fingerprint density at radius 1 is 0.667 bits per heavy atom. The summed E-state index contributed by atoms with van der Waals surface area (Å²) in [7, 11) is 0. The van der Waals surface area contributed by atoms with Crippen LogP contribution in [0.25, 0.3) is 0 Å². The summed E-state index contributed by atoms with van der Waals surface area (Å²) in [6.07, 6.45) is 35.8. The molecule has 0 unspecified atom stereocenters. The largest absolute Gasteiger partial charge is 0.481 e. The first kappa shape index (κ1) is 30.2. The number of hydrogen-bond donors (Lipinski definition) is 2. The van der Waals surface area contributed by atoms with Crippen molar-refractivity contribution in [3.63, 3.8) is 0 Å². The molecule has 0 aromatic carbocycles. The van der Waals surface area contributed by atoms with Crippen LogP contribution >= 0.6 is 0 Å². The maximum absolute atomic E-state index is 10.3. The average molecular weight is 464 g/mol. The monoisotopic (exact) mass is 463 g/mol. The molecule has 0 heterocycles. The summed E-state index contributed by atoms with van der Waals surface area (Å²) in [6, 6.07) is 1.74. The molecule has 3 heteroatoms. The Morgan fingerprint density at radius 2 is 1.09 bits per heavy atom. The molecule has 2 aliphatic rings. The predicted octanol–water partition coefficient (Wildman–Crippen LogP) is 9.35. The minimum atomic E-state index is -0.664. The molecule has 2 N–H and O–H groups in total. The van der Waals surface area contributed by atoms with Crippen molar-refractivity contribution in [3.05, 3.63) is 12.2 Å². The third kappa shape index (κ3) is 20.3. The van der Waals surface area contributed by atoms with Crippen molar-refractivity contribution in [1.29, 1.82) is 0 Å². The highest BCUT2D eigenvalue weighted by atomic mass is 16.4. The van der Waals surface area contributed by atoms with Gasteiger partial charge in [0, 0.05) is 18.5 Å². The van der Waals surface area contributed by atoms with E-state index in [-0.39, 0.29) is 0 Å². The molecule has 2 fully saturated rings. The first-order valence-corrected chi connectivity index (χ1v) is 14.8. The predicted molar refractivity (Wildman–Crippen MR) is 144 cm³/mol. The van der Waals surface area contributed by atoms with Crippen molar-refractivity contribution >= 4 is 5.97 Å². The van der Waals surface area contributed by atoms with Gasteiger partial charge in [0.1, 0.15) is 0 Å². The first-order valence-electron chi connectivity index (χ1n) is 14.8. The van der Waals surface area contributed by atoms with Gasteiger partial charge in [-0.2, -0.15) is 0 Å². The molecule has 0 amide bonds. The number of rotatable bonds is 17. The Hall–Kier alpha value is -0.830. The van der Waals surface area contributed by atoms with Crippen LogP contribution in [0.1, 0.15) is 161 Å². The summed E-state index contributed by atoms with van der Waals surface area (Å²) in [5.41, 5.74) is 0. The maximum atomic E-state index is 10.3. The molecule has 0 spiro atoms. The lowest BCUT2D eigenvalue weighted by atomic mass is 9.91. The Labute approximate surface area is 206 Å². The van der Waals surface area contributed by atoms with Gasteiger partial charge in [0.2, 0.25) is 0 Å². The quantitative estimate of drug-likeness (QED) is 0.167. The Balaban J connectivity index is 0.000000357. The van der Waals surface area contributed by atoms with E-state index in [0.29, 0.717) is 6.42 Å². The van der Waals surface area contributed by atoms with Crippen LogP contribution in [0.3, 0.4) is 0 Å². The number of carboxylic acids is 1. The minimum absolute atomic E-state index is 0.332. The number of allylic oxidation sites excluding steroid dienone is 2. The van der Waals surface area contributed by atoms with E-state index in [1.54, 1.807) is 0 Å². The van der Waals surface area contributed by atoms with Gasteiger partial charge in [0.15, 0.2) is 0 Å². The van der Waals surface area contributed by atoms with Crippen molar-refractivity contribution < 1.29 is 9.90 Å². The Kier molecular flexibility index (Phi) is 21.0. The standard InChI is InChI=1S/C18H34O2.C12H23N/c1-2-3-4-5-6-7-8-9-10-11-12-13-14-15-16-17-18(19)20;1-3-7-11(8-4-1)13-12-9-5-2-6-10-12/h9-10H,2-8,11-17H2,1H3,(H,19,20);11-13H,1-10H2. The molecule has 0 radical (unpaired) electrons. The van der Waals surface area contributed by atoms with Gasteiger partial charge in [0.05, 0.1) is 0 Å². The normalized spacial score (nSPS) is 17.7. The van der Waals surface area contributed by atoms with Gasteiger partial charge in [0.25, 0.3) is 0 Å². The topological polar surface area (TPSA) is 49.3 Å². The Bertz CT molecular complexity index is 434. The van der Waals surface area contributed by atoms with Crippen LogP contribution in [0.4, 0.5) is 0 Å². The van der Waals surface area contributed by atoms with E-state index in [9.17, 15) is 4.79 Å². The number of aliphatic carboxylic acids is 1. The third-order valence-electron chi connectivity index (χ3n) is 7.33. The fourth-order valence-electron chi connectivity index (χ4n) is 5.22. The molecule has 2 aliphatic carbocycles. The molecule has 194 valence electrons. The van der Waals surface area contributed by atoms with Crippen LogP contribution in [0.2, 0.25) is 0 Å². The summed E-state index contributed by atoms with van der Waals surface area (Å²) < 4.78 is 0. The molecule has 0 aromatic heterocycles. The molecule has 0 saturated heterocycles. The van der Waals surface area contributed by atoms with Crippen LogP contribution in [-0.4, -0.2) is 23.2 Å². The fraction of sp³-hybridized carbons (Fsp3) is 0.900. The van der Waals surface area contributed by atoms with E-state index in [4.69, 9.17) is 5.11 Å². The average Bonchev–Trinajstić information content (AvgIpc) is 2.83. The highest BCUT2D eigenvalue weighted by Crippen LogP contribution is 2.22. The number of carboxylic acid groups (broad SMARTS) is 1. The summed E-state index contributed by atoms with van der Waals surface area (Å²) in [5, 5.41) is 12.4. The summed E-state index contributed by atoms with van der Waals surface area (Å²) >= 11 is 0.